The first-order valence-corrected chi connectivity index (χ1v) is 8.79. The number of furan rings is 1. The van der Waals surface area contributed by atoms with Crippen molar-refractivity contribution in [2.75, 3.05) is 19.6 Å². The first-order chi connectivity index (χ1) is 11.7. The van der Waals surface area contributed by atoms with Gasteiger partial charge in [-0.15, -0.1) is 0 Å². The molecule has 1 amide bonds. The number of rotatable bonds is 5. The molecule has 24 heavy (non-hydrogen) atoms. The minimum Gasteiger partial charge on any atom is -0.459 e. The number of amides is 1. The fourth-order valence-electron chi connectivity index (χ4n) is 3.48. The SMILES string of the molecule is CC1C(C)N(C(=O)c2ccco2)CCN1CCCc1ccccc1. The van der Waals surface area contributed by atoms with Crippen LogP contribution in [0.4, 0.5) is 0 Å². The summed E-state index contributed by atoms with van der Waals surface area (Å²) >= 11 is 0. The predicted octanol–water partition coefficient (Wildman–Crippen LogP) is 3.45. The lowest BCUT2D eigenvalue weighted by molar-refractivity contribution is 0.0253. The molecule has 3 rings (SSSR count). The molecule has 0 spiro atoms. The van der Waals surface area contributed by atoms with Crippen LogP contribution < -0.4 is 0 Å². The fourth-order valence-corrected chi connectivity index (χ4v) is 3.48. The smallest absolute Gasteiger partial charge is 0.289 e. The number of piperazine rings is 1. The lowest BCUT2D eigenvalue weighted by atomic mass is 10.0. The van der Waals surface area contributed by atoms with Crippen molar-refractivity contribution >= 4 is 5.91 Å². The molecule has 0 saturated carbocycles. The number of carbonyl (C=O) groups excluding carboxylic acids is 1. The Morgan fingerprint density at radius 3 is 2.58 bits per heavy atom. The van der Waals surface area contributed by atoms with Crippen LogP contribution in [0.1, 0.15) is 36.4 Å². The third kappa shape index (κ3) is 3.70. The van der Waals surface area contributed by atoms with Crippen molar-refractivity contribution in [2.24, 2.45) is 0 Å². The van der Waals surface area contributed by atoms with E-state index in [1.165, 1.54) is 5.56 Å². The summed E-state index contributed by atoms with van der Waals surface area (Å²) in [4.78, 5) is 17.0. The summed E-state index contributed by atoms with van der Waals surface area (Å²) in [5, 5.41) is 0. The zero-order valence-corrected chi connectivity index (χ0v) is 14.5. The normalized spacial score (nSPS) is 21.8. The molecule has 0 bridgehead atoms. The molecule has 1 aromatic heterocycles. The highest BCUT2D eigenvalue weighted by molar-refractivity contribution is 5.91. The van der Waals surface area contributed by atoms with Gasteiger partial charge in [-0.25, -0.2) is 0 Å². The molecule has 4 nitrogen and oxygen atoms in total. The van der Waals surface area contributed by atoms with Crippen molar-refractivity contribution in [3.63, 3.8) is 0 Å². The van der Waals surface area contributed by atoms with Gasteiger partial charge >= 0.3 is 0 Å². The Morgan fingerprint density at radius 2 is 1.88 bits per heavy atom. The average molecular weight is 326 g/mol. The molecule has 2 unspecified atom stereocenters. The molecule has 1 saturated heterocycles. The number of carbonyl (C=O) groups is 1. The van der Waals surface area contributed by atoms with Crippen LogP contribution >= 0.6 is 0 Å². The third-order valence-electron chi connectivity index (χ3n) is 5.14. The third-order valence-corrected chi connectivity index (χ3v) is 5.14. The van der Waals surface area contributed by atoms with E-state index in [0.29, 0.717) is 11.8 Å². The molecule has 2 aromatic rings. The minimum atomic E-state index is 0.00304. The summed E-state index contributed by atoms with van der Waals surface area (Å²) in [7, 11) is 0. The van der Waals surface area contributed by atoms with Crippen molar-refractivity contribution in [3.05, 3.63) is 60.1 Å². The Hall–Kier alpha value is -2.07. The molecule has 1 aliphatic rings. The molecular weight excluding hydrogens is 300 g/mol. The van der Waals surface area contributed by atoms with Crippen molar-refractivity contribution in [3.8, 4) is 0 Å². The fraction of sp³-hybridized carbons (Fsp3) is 0.450. The maximum atomic E-state index is 12.5. The zero-order valence-electron chi connectivity index (χ0n) is 14.5. The number of hydrogen-bond acceptors (Lipinski definition) is 3. The van der Waals surface area contributed by atoms with E-state index >= 15 is 0 Å². The first-order valence-electron chi connectivity index (χ1n) is 8.79. The van der Waals surface area contributed by atoms with Crippen LogP contribution in [0.25, 0.3) is 0 Å². The summed E-state index contributed by atoms with van der Waals surface area (Å²) in [6.45, 7) is 7.11. The van der Waals surface area contributed by atoms with Crippen molar-refractivity contribution in [2.45, 2.75) is 38.8 Å². The molecule has 2 heterocycles. The van der Waals surface area contributed by atoms with Gasteiger partial charge in [-0.3, -0.25) is 9.69 Å². The Balaban J connectivity index is 1.53. The van der Waals surface area contributed by atoms with Crippen LogP contribution in [0.15, 0.2) is 53.1 Å². The standard InChI is InChI=1S/C20H26N2O2/c1-16-17(2)22(20(23)19-11-7-15-24-19)14-13-21(16)12-6-10-18-8-4-3-5-9-18/h3-5,7-9,11,15-17H,6,10,12-14H2,1-2H3. The van der Waals surface area contributed by atoms with Crippen molar-refractivity contribution in [1.82, 2.24) is 9.80 Å². The van der Waals surface area contributed by atoms with Gasteiger partial charge in [0.1, 0.15) is 0 Å². The van der Waals surface area contributed by atoms with Gasteiger partial charge in [0.15, 0.2) is 5.76 Å². The van der Waals surface area contributed by atoms with Gasteiger partial charge < -0.3 is 9.32 Å². The largest absolute Gasteiger partial charge is 0.459 e. The lowest BCUT2D eigenvalue weighted by Gasteiger charge is -2.44. The van der Waals surface area contributed by atoms with E-state index in [2.05, 4.69) is 49.1 Å². The molecule has 4 heteroatoms. The van der Waals surface area contributed by atoms with Crippen LogP contribution in [0.5, 0.6) is 0 Å². The highest BCUT2D eigenvalue weighted by atomic mass is 16.3. The molecule has 2 atom stereocenters. The summed E-state index contributed by atoms with van der Waals surface area (Å²) in [6, 6.07) is 14.7. The molecule has 1 aromatic carbocycles. The minimum absolute atomic E-state index is 0.00304. The highest BCUT2D eigenvalue weighted by Crippen LogP contribution is 2.20. The van der Waals surface area contributed by atoms with E-state index in [1.807, 2.05) is 4.90 Å². The van der Waals surface area contributed by atoms with Crippen LogP contribution in [-0.4, -0.2) is 47.4 Å². The van der Waals surface area contributed by atoms with Gasteiger partial charge in [-0.05, 0) is 50.9 Å². The number of hydrogen-bond donors (Lipinski definition) is 0. The maximum Gasteiger partial charge on any atom is 0.289 e. The van der Waals surface area contributed by atoms with E-state index in [0.717, 1.165) is 32.5 Å². The van der Waals surface area contributed by atoms with Crippen molar-refractivity contribution in [1.29, 1.82) is 0 Å². The lowest BCUT2D eigenvalue weighted by Crippen LogP contribution is -2.58. The van der Waals surface area contributed by atoms with Gasteiger partial charge in [0.05, 0.1) is 6.26 Å². The van der Waals surface area contributed by atoms with E-state index < -0.39 is 0 Å². The number of benzene rings is 1. The molecule has 0 N–H and O–H groups in total. The summed E-state index contributed by atoms with van der Waals surface area (Å²) in [5.41, 5.74) is 1.39. The monoisotopic (exact) mass is 326 g/mol. The number of nitrogens with zero attached hydrogens (tertiary/aromatic N) is 2. The molecular formula is C20H26N2O2. The van der Waals surface area contributed by atoms with Gasteiger partial charge in [-0.1, -0.05) is 30.3 Å². The average Bonchev–Trinajstić information content (AvgIpc) is 3.14. The Bertz CT molecular complexity index is 639. The summed E-state index contributed by atoms with van der Waals surface area (Å²) < 4.78 is 5.27. The number of aryl methyl sites for hydroxylation is 1. The van der Waals surface area contributed by atoms with Crippen LogP contribution in [0, 0.1) is 0 Å². The molecule has 1 aliphatic heterocycles. The van der Waals surface area contributed by atoms with Crippen molar-refractivity contribution < 1.29 is 9.21 Å². The van der Waals surface area contributed by atoms with Gasteiger partial charge in [-0.2, -0.15) is 0 Å². The highest BCUT2D eigenvalue weighted by Gasteiger charge is 2.34. The predicted molar refractivity (Wildman–Crippen MR) is 95.0 cm³/mol. The van der Waals surface area contributed by atoms with E-state index in [9.17, 15) is 4.79 Å². The molecule has 1 fully saturated rings. The van der Waals surface area contributed by atoms with E-state index in [-0.39, 0.29) is 11.9 Å². The van der Waals surface area contributed by atoms with E-state index in [1.54, 1.807) is 18.4 Å². The van der Waals surface area contributed by atoms with E-state index in [4.69, 9.17) is 4.42 Å². The second-order valence-electron chi connectivity index (χ2n) is 6.58. The van der Waals surface area contributed by atoms with Gasteiger partial charge in [0.2, 0.25) is 0 Å². The maximum absolute atomic E-state index is 12.5. The first kappa shape index (κ1) is 16.8. The van der Waals surface area contributed by atoms with Crippen LogP contribution in [0.2, 0.25) is 0 Å². The van der Waals surface area contributed by atoms with Gasteiger partial charge in [0, 0.05) is 25.2 Å². The quantitative estimate of drug-likeness (QED) is 0.844. The van der Waals surface area contributed by atoms with Gasteiger partial charge in [0.25, 0.3) is 5.91 Å². The zero-order chi connectivity index (χ0) is 16.9. The molecule has 0 radical (unpaired) electrons. The van der Waals surface area contributed by atoms with Crippen LogP contribution in [-0.2, 0) is 6.42 Å². The Labute approximate surface area is 144 Å². The molecule has 0 aliphatic carbocycles. The second kappa shape index (κ2) is 7.67. The summed E-state index contributed by atoms with van der Waals surface area (Å²) in [5.74, 6) is 0.440. The second-order valence-corrected chi connectivity index (χ2v) is 6.58. The Kier molecular flexibility index (Phi) is 5.36. The summed E-state index contributed by atoms with van der Waals surface area (Å²) in [6.07, 6.45) is 3.81. The van der Waals surface area contributed by atoms with Crippen LogP contribution in [0.3, 0.4) is 0 Å². The topological polar surface area (TPSA) is 36.7 Å². The Morgan fingerprint density at radius 1 is 1.08 bits per heavy atom. The molecule has 128 valence electrons.